The van der Waals surface area contributed by atoms with Crippen molar-refractivity contribution in [3.05, 3.63) is 11.6 Å². The first kappa shape index (κ1) is 12.0. The van der Waals surface area contributed by atoms with Gasteiger partial charge in [0.1, 0.15) is 5.82 Å². The highest BCUT2D eigenvalue weighted by molar-refractivity contribution is 5.90. The van der Waals surface area contributed by atoms with Gasteiger partial charge in [0.2, 0.25) is 5.82 Å². The fraction of sp³-hybridized carbons (Fsp3) is 0.727. The number of hydrogen-bond acceptors (Lipinski definition) is 4. The van der Waals surface area contributed by atoms with Crippen molar-refractivity contribution in [1.82, 2.24) is 20.1 Å². The first-order valence-electron chi connectivity index (χ1n) is 5.78. The van der Waals surface area contributed by atoms with E-state index in [4.69, 9.17) is 0 Å². The topological polar surface area (TPSA) is 82.1 Å². The minimum absolute atomic E-state index is 0.157. The fourth-order valence-electron chi connectivity index (χ4n) is 1.76. The maximum Gasteiger partial charge on any atom is 0.293 e. The van der Waals surface area contributed by atoms with Gasteiger partial charge in [0.05, 0.1) is 6.10 Å². The Labute approximate surface area is 100 Å². The summed E-state index contributed by atoms with van der Waals surface area (Å²) in [5.41, 5.74) is -0.157. The van der Waals surface area contributed by atoms with Crippen LogP contribution >= 0.6 is 0 Å². The number of aromatic nitrogens is 3. The lowest BCUT2D eigenvalue weighted by molar-refractivity contribution is 0.0753. The molecule has 0 aromatic carbocycles. The molecule has 1 atom stereocenters. The van der Waals surface area contributed by atoms with Crippen molar-refractivity contribution in [2.45, 2.75) is 38.7 Å². The van der Waals surface area contributed by atoms with E-state index in [1.165, 1.54) is 0 Å². The number of aromatic amines is 1. The first-order valence-corrected chi connectivity index (χ1v) is 5.78. The second kappa shape index (κ2) is 4.10. The number of β-amino-alcohol motifs (C(OH)–C–C–N with tert-alkyl or cyclic N) is 1. The lowest BCUT2D eigenvalue weighted by Gasteiger charge is -2.14. The predicted octanol–water partition coefficient (Wildman–Crippen LogP) is 0.309. The van der Waals surface area contributed by atoms with E-state index in [9.17, 15) is 9.90 Å². The number of carbonyl (C=O) groups excluding carboxylic acids is 1. The number of hydrogen-bond donors (Lipinski definition) is 2. The summed E-state index contributed by atoms with van der Waals surface area (Å²) >= 11 is 0. The fourth-order valence-corrected chi connectivity index (χ4v) is 1.76. The van der Waals surface area contributed by atoms with Gasteiger partial charge in [-0.25, -0.2) is 4.98 Å². The van der Waals surface area contributed by atoms with E-state index in [1.54, 1.807) is 4.90 Å². The molecule has 1 aliphatic rings. The summed E-state index contributed by atoms with van der Waals surface area (Å²) in [6, 6.07) is 0. The van der Waals surface area contributed by atoms with Crippen LogP contribution in [0, 0.1) is 0 Å². The monoisotopic (exact) mass is 238 g/mol. The maximum absolute atomic E-state index is 12.0. The lowest BCUT2D eigenvalue weighted by atomic mass is 9.96. The molecule has 1 amide bonds. The Morgan fingerprint density at radius 2 is 2.24 bits per heavy atom. The molecule has 94 valence electrons. The van der Waals surface area contributed by atoms with Crippen LogP contribution in [0.5, 0.6) is 0 Å². The summed E-state index contributed by atoms with van der Waals surface area (Å²) in [4.78, 5) is 17.8. The van der Waals surface area contributed by atoms with Gasteiger partial charge in [0.15, 0.2) is 0 Å². The van der Waals surface area contributed by atoms with E-state index in [0.29, 0.717) is 25.3 Å². The van der Waals surface area contributed by atoms with Crippen LogP contribution in [0.25, 0.3) is 0 Å². The Kier molecular flexibility index (Phi) is 2.91. The number of likely N-dealkylation sites (tertiary alicyclic amines) is 1. The van der Waals surface area contributed by atoms with Gasteiger partial charge in [-0.15, -0.1) is 5.10 Å². The van der Waals surface area contributed by atoms with Crippen LogP contribution < -0.4 is 0 Å². The third kappa shape index (κ3) is 2.46. The Morgan fingerprint density at radius 3 is 2.71 bits per heavy atom. The molecule has 17 heavy (non-hydrogen) atoms. The maximum atomic E-state index is 12.0. The first-order chi connectivity index (χ1) is 7.88. The van der Waals surface area contributed by atoms with Gasteiger partial charge in [0.25, 0.3) is 5.91 Å². The molecular formula is C11H18N4O2. The highest BCUT2D eigenvalue weighted by Crippen LogP contribution is 2.18. The van der Waals surface area contributed by atoms with Gasteiger partial charge in [0, 0.05) is 18.5 Å². The lowest BCUT2D eigenvalue weighted by Crippen LogP contribution is -2.30. The van der Waals surface area contributed by atoms with Gasteiger partial charge in [-0.05, 0) is 6.42 Å². The summed E-state index contributed by atoms with van der Waals surface area (Å²) in [5, 5.41) is 16.1. The number of aliphatic hydroxyl groups excluding tert-OH is 1. The van der Waals surface area contributed by atoms with Crippen LogP contribution in [0.2, 0.25) is 0 Å². The molecule has 0 radical (unpaired) electrons. The number of carbonyl (C=O) groups is 1. The molecule has 6 heteroatoms. The van der Waals surface area contributed by atoms with Crippen molar-refractivity contribution >= 4 is 5.91 Å². The molecule has 1 unspecified atom stereocenters. The molecule has 2 heterocycles. The van der Waals surface area contributed by atoms with Gasteiger partial charge in [-0.3, -0.25) is 9.89 Å². The van der Waals surface area contributed by atoms with Crippen LogP contribution in [-0.4, -0.2) is 50.3 Å². The van der Waals surface area contributed by atoms with Crippen LogP contribution in [0.4, 0.5) is 0 Å². The molecule has 1 saturated heterocycles. The van der Waals surface area contributed by atoms with Crippen molar-refractivity contribution in [2.75, 3.05) is 13.1 Å². The van der Waals surface area contributed by atoms with E-state index in [-0.39, 0.29) is 17.1 Å². The molecule has 6 nitrogen and oxygen atoms in total. The highest BCUT2D eigenvalue weighted by Gasteiger charge is 2.29. The third-order valence-corrected chi connectivity index (χ3v) is 2.84. The van der Waals surface area contributed by atoms with Crippen molar-refractivity contribution < 1.29 is 9.90 Å². The minimum atomic E-state index is -0.417. The summed E-state index contributed by atoms with van der Waals surface area (Å²) < 4.78 is 0. The zero-order valence-electron chi connectivity index (χ0n) is 10.4. The third-order valence-electron chi connectivity index (χ3n) is 2.84. The predicted molar refractivity (Wildman–Crippen MR) is 61.6 cm³/mol. The summed E-state index contributed by atoms with van der Waals surface area (Å²) in [5.74, 6) is 0.665. The second-order valence-corrected chi connectivity index (χ2v) is 5.45. The molecule has 1 aromatic rings. The molecule has 0 spiro atoms. The average molecular weight is 238 g/mol. The Bertz CT molecular complexity index is 421. The van der Waals surface area contributed by atoms with E-state index in [0.717, 1.165) is 0 Å². The molecule has 1 aliphatic heterocycles. The van der Waals surface area contributed by atoms with Gasteiger partial charge in [-0.2, -0.15) is 0 Å². The number of amides is 1. The zero-order valence-corrected chi connectivity index (χ0v) is 10.4. The van der Waals surface area contributed by atoms with Gasteiger partial charge < -0.3 is 10.0 Å². The van der Waals surface area contributed by atoms with E-state index >= 15 is 0 Å². The van der Waals surface area contributed by atoms with Crippen LogP contribution in [-0.2, 0) is 5.41 Å². The minimum Gasteiger partial charge on any atom is -0.391 e. The van der Waals surface area contributed by atoms with E-state index < -0.39 is 6.10 Å². The standard InChI is InChI=1S/C11H18N4O2/c1-11(2,3)10-12-8(13-14-10)9(17)15-5-4-7(16)6-15/h7,16H,4-6H2,1-3H3,(H,12,13,14). The van der Waals surface area contributed by atoms with Crippen LogP contribution in [0.3, 0.4) is 0 Å². The smallest absolute Gasteiger partial charge is 0.293 e. The quantitative estimate of drug-likeness (QED) is 0.737. The molecule has 2 rings (SSSR count). The molecule has 2 N–H and O–H groups in total. The Balaban J connectivity index is 2.13. The average Bonchev–Trinajstić information content (AvgIpc) is 2.83. The molecular weight excluding hydrogens is 220 g/mol. The summed E-state index contributed by atoms with van der Waals surface area (Å²) in [6.45, 7) is 6.95. The van der Waals surface area contributed by atoms with Crippen molar-refractivity contribution in [3.8, 4) is 0 Å². The number of aliphatic hydroxyl groups is 1. The number of H-pyrrole nitrogens is 1. The van der Waals surface area contributed by atoms with Gasteiger partial charge in [-0.1, -0.05) is 20.8 Å². The van der Waals surface area contributed by atoms with Crippen molar-refractivity contribution in [2.24, 2.45) is 0 Å². The number of rotatable bonds is 1. The largest absolute Gasteiger partial charge is 0.391 e. The highest BCUT2D eigenvalue weighted by atomic mass is 16.3. The normalized spacial score (nSPS) is 20.9. The molecule has 0 bridgehead atoms. The van der Waals surface area contributed by atoms with Crippen molar-refractivity contribution in [1.29, 1.82) is 0 Å². The summed E-state index contributed by atoms with van der Waals surface area (Å²) in [6.07, 6.45) is 0.211. The van der Waals surface area contributed by atoms with E-state index in [1.807, 2.05) is 20.8 Å². The number of nitrogens with zero attached hydrogens (tertiary/aromatic N) is 3. The number of nitrogens with one attached hydrogen (secondary N) is 1. The molecule has 1 aromatic heterocycles. The zero-order chi connectivity index (χ0) is 12.6. The van der Waals surface area contributed by atoms with Crippen LogP contribution in [0.1, 0.15) is 43.6 Å². The van der Waals surface area contributed by atoms with E-state index in [2.05, 4.69) is 15.2 Å². The van der Waals surface area contributed by atoms with Crippen molar-refractivity contribution in [3.63, 3.8) is 0 Å². The molecule has 1 fully saturated rings. The Hall–Kier alpha value is -1.43. The SMILES string of the molecule is CC(C)(C)c1nc(C(=O)N2CCC(O)C2)n[nH]1. The van der Waals surface area contributed by atoms with Gasteiger partial charge >= 0.3 is 0 Å². The molecule has 0 saturated carbocycles. The second-order valence-electron chi connectivity index (χ2n) is 5.45. The molecule has 0 aliphatic carbocycles. The summed E-state index contributed by atoms with van der Waals surface area (Å²) in [7, 11) is 0. The van der Waals surface area contributed by atoms with Crippen LogP contribution in [0.15, 0.2) is 0 Å². The Morgan fingerprint density at radius 1 is 1.53 bits per heavy atom.